The van der Waals surface area contributed by atoms with Crippen LogP contribution in [-0.2, 0) is 11.8 Å². The lowest BCUT2D eigenvalue weighted by atomic mass is 10.3. The Bertz CT molecular complexity index is 356. The molecular weight excluding hydrogens is 160 g/mol. The summed E-state index contributed by atoms with van der Waals surface area (Å²) in [6, 6.07) is 0. The number of carbonyl (C=O) groups excluding carboxylic acids is 1. The molecule has 0 fully saturated rings. The van der Waals surface area contributed by atoms with Gasteiger partial charge in [-0.15, -0.1) is 0 Å². The maximum absolute atomic E-state index is 10.9. The third-order valence-corrected chi connectivity index (χ3v) is 1.37. The SMILES string of the molecule is COC(=O)c1cnc(=O)n(C)c1. The second kappa shape index (κ2) is 3.17. The van der Waals surface area contributed by atoms with E-state index in [0.717, 1.165) is 0 Å². The van der Waals surface area contributed by atoms with Crippen LogP contribution < -0.4 is 5.69 Å². The second-order valence-electron chi connectivity index (χ2n) is 2.23. The topological polar surface area (TPSA) is 61.2 Å². The number of nitrogens with zero attached hydrogens (tertiary/aromatic N) is 2. The smallest absolute Gasteiger partial charge is 0.347 e. The van der Waals surface area contributed by atoms with Gasteiger partial charge in [0.25, 0.3) is 0 Å². The van der Waals surface area contributed by atoms with Crippen LogP contribution in [0, 0.1) is 0 Å². The van der Waals surface area contributed by atoms with Crippen LogP contribution in [0.5, 0.6) is 0 Å². The maximum atomic E-state index is 10.9. The van der Waals surface area contributed by atoms with Crippen molar-refractivity contribution >= 4 is 5.97 Å². The van der Waals surface area contributed by atoms with E-state index < -0.39 is 11.7 Å². The van der Waals surface area contributed by atoms with E-state index in [1.807, 2.05) is 0 Å². The fourth-order valence-corrected chi connectivity index (χ4v) is 0.736. The molecule has 0 atom stereocenters. The number of aromatic nitrogens is 2. The molecule has 0 bridgehead atoms. The average molecular weight is 168 g/mol. The third kappa shape index (κ3) is 1.50. The van der Waals surface area contributed by atoms with Crippen molar-refractivity contribution in [1.29, 1.82) is 0 Å². The Labute approximate surface area is 68.6 Å². The van der Waals surface area contributed by atoms with Crippen molar-refractivity contribution in [1.82, 2.24) is 9.55 Å². The number of carbonyl (C=O) groups is 1. The molecule has 0 saturated carbocycles. The molecule has 0 saturated heterocycles. The summed E-state index contributed by atoms with van der Waals surface area (Å²) in [6.45, 7) is 0. The molecule has 1 aromatic heterocycles. The normalized spacial score (nSPS) is 9.50. The van der Waals surface area contributed by atoms with Crippen molar-refractivity contribution in [2.24, 2.45) is 7.05 Å². The van der Waals surface area contributed by atoms with E-state index in [1.54, 1.807) is 0 Å². The largest absolute Gasteiger partial charge is 0.465 e. The molecule has 0 amide bonds. The van der Waals surface area contributed by atoms with Crippen LogP contribution >= 0.6 is 0 Å². The van der Waals surface area contributed by atoms with Gasteiger partial charge in [-0.3, -0.25) is 0 Å². The first-order valence-corrected chi connectivity index (χ1v) is 3.26. The van der Waals surface area contributed by atoms with Crippen molar-refractivity contribution in [2.45, 2.75) is 0 Å². The predicted molar refractivity (Wildman–Crippen MR) is 40.8 cm³/mol. The van der Waals surface area contributed by atoms with Crippen molar-refractivity contribution in [3.63, 3.8) is 0 Å². The summed E-state index contributed by atoms with van der Waals surface area (Å²) in [5.41, 5.74) is -0.137. The van der Waals surface area contributed by atoms with Crippen molar-refractivity contribution in [2.75, 3.05) is 7.11 Å². The van der Waals surface area contributed by atoms with E-state index in [0.29, 0.717) is 0 Å². The van der Waals surface area contributed by atoms with Gasteiger partial charge < -0.3 is 9.30 Å². The van der Waals surface area contributed by atoms with Crippen LogP contribution in [0.4, 0.5) is 0 Å². The fraction of sp³-hybridized carbons (Fsp3) is 0.286. The molecule has 12 heavy (non-hydrogen) atoms. The quantitative estimate of drug-likeness (QED) is 0.534. The van der Waals surface area contributed by atoms with E-state index in [2.05, 4.69) is 9.72 Å². The summed E-state index contributed by atoms with van der Waals surface area (Å²) in [5.74, 6) is -0.502. The molecule has 0 aliphatic rings. The first kappa shape index (κ1) is 8.45. The average Bonchev–Trinajstić information content (AvgIpc) is 2.08. The summed E-state index contributed by atoms with van der Waals surface area (Å²) in [6.07, 6.45) is 2.56. The lowest BCUT2D eigenvalue weighted by Crippen LogP contribution is -2.20. The monoisotopic (exact) mass is 168 g/mol. The Balaban J connectivity index is 3.13. The van der Waals surface area contributed by atoms with Gasteiger partial charge in [0, 0.05) is 19.4 Å². The van der Waals surface area contributed by atoms with Crippen LogP contribution in [0.1, 0.15) is 10.4 Å². The highest BCUT2D eigenvalue weighted by Gasteiger charge is 2.05. The van der Waals surface area contributed by atoms with Crippen LogP contribution in [-0.4, -0.2) is 22.6 Å². The summed E-state index contributed by atoms with van der Waals surface area (Å²) >= 11 is 0. The Morgan fingerprint density at radius 2 is 2.33 bits per heavy atom. The molecule has 0 aliphatic heterocycles. The number of hydrogen-bond acceptors (Lipinski definition) is 4. The molecule has 64 valence electrons. The van der Waals surface area contributed by atoms with Crippen molar-refractivity contribution < 1.29 is 9.53 Å². The van der Waals surface area contributed by atoms with Crippen molar-refractivity contribution in [3.05, 3.63) is 28.4 Å². The molecule has 5 nitrogen and oxygen atoms in total. The molecule has 0 N–H and O–H groups in total. The lowest BCUT2D eigenvalue weighted by Gasteiger charge is -1.99. The number of hydrogen-bond donors (Lipinski definition) is 0. The number of esters is 1. The van der Waals surface area contributed by atoms with E-state index >= 15 is 0 Å². The zero-order valence-corrected chi connectivity index (χ0v) is 6.77. The number of methoxy groups -OCH3 is 1. The van der Waals surface area contributed by atoms with Gasteiger partial charge in [0.1, 0.15) is 0 Å². The van der Waals surface area contributed by atoms with E-state index in [1.165, 1.54) is 31.1 Å². The summed E-state index contributed by atoms with van der Waals surface area (Å²) in [4.78, 5) is 25.1. The lowest BCUT2D eigenvalue weighted by molar-refractivity contribution is 0.0599. The molecule has 1 rings (SSSR count). The minimum absolute atomic E-state index is 0.264. The van der Waals surface area contributed by atoms with Crippen LogP contribution in [0.25, 0.3) is 0 Å². The molecule has 1 heterocycles. The van der Waals surface area contributed by atoms with Gasteiger partial charge in [-0.05, 0) is 0 Å². The van der Waals surface area contributed by atoms with Gasteiger partial charge in [0.15, 0.2) is 0 Å². The number of aryl methyl sites for hydroxylation is 1. The first-order valence-electron chi connectivity index (χ1n) is 3.26. The summed E-state index contributed by atoms with van der Waals surface area (Å²) < 4.78 is 5.65. The highest BCUT2D eigenvalue weighted by atomic mass is 16.5. The Morgan fingerprint density at radius 3 is 2.83 bits per heavy atom. The standard InChI is InChI=1S/C7H8N2O3/c1-9-4-5(6(10)12-2)3-8-7(9)11/h3-4H,1-2H3. The molecule has 0 aromatic carbocycles. The van der Waals surface area contributed by atoms with Gasteiger partial charge >= 0.3 is 11.7 Å². The van der Waals surface area contributed by atoms with Gasteiger partial charge in [0.05, 0.1) is 12.7 Å². The van der Waals surface area contributed by atoms with E-state index in [9.17, 15) is 9.59 Å². The molecule has 0 unspecified atom stereocenters. The second-order valence-corrected chi connectivity index (χ2v) is 2.23. The molecule has 0 aliphatic carbocycles. The predicted octanol–water partition coefficient (Wildman–Crippen LogP) is -0.433. The fourth-order valence-electron chi connectivity index (χ4n) is 0.736. The van der Waals surface area contributed by atoms with Crippen LogP contribution in [0.2, 0.25) is 0 Å². The number of rotatable bonds is 1. The van der Waals surface area contributed by atoms with Gasteiger partial charge in [0.2, 0.25) is 0 Å². The van der Waals surface area contributed by atoms with E-state index in [4.69, 9.17) is 0 Å². The Kier molecular flexibility index (Phi) is 2.23. The highest BCUT2D eigenvalue weighted by Crippen LogP contribution is 1.94. The molecular formula is C7H8N2O3. The Hall–Kier alpha value is -1.65. The maximum Gasteiger partial charge on any atom is 0.347 e. The number of ether oxygens (including phenoxy) is 1. The molecule has 1 aromatic rings. The van der Waals surface area contributed by atoms with Gasteiger partial charge in [-0.1, -0.05) is 0 Å². The molecule has 0 radical (unpaired) electrons. The minimum Gasteiger partial charge on any atom is -0.465 e. The Morgan fingerprint density at radius 1 is 1.67 bits per heavy atom. The van der Waals surface area contributed by atoms with Gasteiger partial charge in [-0.25, -0.2) is 14.6 Å². The molecule has 5 heteroatoms. The van der Waals surface area contributed by atoms with Crippen LogP contribution in [0.3, 0.4) is 0 Å². The summed E-state index contributed by atoms with van der Waals surface area (Å²) in [5, 5.41) is 0. The molecule has 0 spiro atoms. The summed E-state index contributed by atoms with van der Waals surface area (Å²) in [7, 11) is 2.79. The van der Waals surface area contributed by atoms with Crippen LogP contribution in [0.15, 0.2) is 17.2 Å². The zero-order valence-electron chi connectivity index (χ0n) is 6.77. The van der Waals surface area contributed by atoms with Crippen molar-refractivity contribution in [3.8, 4) is 0 Å². The first-order chi connectivity index (χ1) is 5.65. The van der Waals surface area contributed by atoms with Gasteiger partial charge in [-0.2, -0.15) is 0 Å². The minimum atomic E-state index is -0.502. The highest BCUT2D eigenvalue weighted by molar-refractivity contribution is 5.88. The third-order valence-electron chi connectivity index (χ3n) is 1.37. The van der Waals surface area contributed by atoms with E-state index in [-0.39, 0.29) is 5.56 Å². The zero-order chi connectivity index (χ0) is 9.14.